The predicted molar refractivity (Wildman–Crippen MR) is 126 cm³/mol. The van der Waals surface area contributed by atoms with E-state index in [4.69, 9.17) is 5.73 Å². The minimum absolute atomic E-state index is 0. The molecular weight excluding hydrogens is 410 g/mol. The van der Waals surface area contributed by atoms with Crippen molar-refractivity contribution in [3.05, 3.63) is 30.1 Å². The van der Waals surface area contributed by atoms with Gasteiger partial charge in [0.25, 0.3) is 0 Å². The molecule has 2 aromatic rings. The van der Waals surface area contributed by atoms with Gasteiger partial charge in [-0.05, 0) is 77.0 Å². The Morgan fingerprint density at radius 1 is 0.677 bits per heavy atom. The van der Waals surface area contributed by atoms with E-state index in [2.05, 4.69) is 32.7 Å². The monoisotopic (exact) mass is 453 g/mol. The summed E-state index contributed by atoms with van der Waals surface area (Å²) in [6.45, 7) is 5.38. The quantitative estimate of drug-likeness (QED) is 0.212. The standard InChI is InChI=1S/C22H39N5.4FH/c23-15-7-1-2-8-16-24-17-9-3-4-10-18-25-19-11-14-22-26-20-12-5-6-13-21(20)27-22;;;;/h5-6,12-13,24-25H,1-4,7-11,14-19,23H2,(H,26,27);4*1H. The van der Waals surface area contributed by atoms with Crippen molar-refractivity contribution in [1.29, 1.82) is 0 Å². The van der Waals surface area contributed by atoms with Gasteiger partial charge in [0.15, 0.2) is 0 Å². The molecule has 9 heteroatoms. The summed E-state index contributed by atoms with van der Waals surface area (Å²) in [5, 5.41) is 7.11. The number of benzene rings is 1. The normalized spacial score (nSPS) is 9.97. The van der Waals surface area contributed by atoms with Crippen LogP contribution in [-0.4, -0.2) is 42.7 Å². The van der Waals surface area contributed by atoms with Gasteiger partial charge < -0.3 is 21.4 Å². The zero-order valence-electron chi connectivity index (χ0n) is 18.6. The van der Waals surface area contributed by atoms with Crippen molar-refractivity contribution in [2.75, 3.05) is 32.7 Å². The Labute approximate surface area is 183 Å². The summed E-state index contributed by atoms with van der Waals surface area (Å²) in [5.74, 6) is 1.10. The van der Waals surface area contributed by atoms with Crippen molar-refractivity contribution in [3.63, 3.8) is 0 Å². The number of aryl methyl sites for hydroxylation is 1. The molecule has 0 aliphatic rings. The molecule has 0 saturated heterocycles. The maximum atomic E-state index is 5.50. The number of para-hydroxylation sites is 2. The van der Waals surface area contributed by atoms with Gasteiger partial charge in [0.1, 0.15) is 5.82 Å². The molecule has 5 nitrogen and oxygen atoms in total. The summed E-state index contributed by atoms with van der Waals surface area (Å²) in [7, 11) is 0. The predicted octanol–water partition coefficient (Wildman–Crippen LogP) is 4.36. The van der Waals surface area contributed by atoms with Crippen LogP contribution in [0.2, 0.25) is 0 Å². The van der Waals surface area contributed by atoms with Crippen molar-refractivity contribution < 1.29 is 18.8 Å². The van der Waals surface area contributed by atoms with Gasteiger partial charge in [-0.3, -0.25) is 18.8 Å². The van der Waals surface area contributed by atoms with Crippen LogP contribution in [0.25, 0.3) is 11.0 Å². The minimum atomic E-state index is 0. The lowest BCUT2D eigenvalue weighted by Crippen LogP contribution is -2.18. The van der Waals surface area contributed by atoms with Crippen molar-refractivity contribution >= 4 is 11.0 Å². The Hall–Kier alpha value is -1.71. The van der Waals surface area contributed by atoms with E-state index in [-0.39, 0.29) is 18.8 Å². The first kappa shape index (κ1) is 33.9. The van der Waals surface area contributed by atoms with Crippen LogP contribution >= 0.6 is 0 Å². The van der Waals surface area contributed by atoms with Crippen molar-refractivity contribution in [1.82, 2.24) is 20.6 Å². The molecule has 0 amide bonds. The lowest BCUT2D eigenvalue weighted by molar-refractivity contribution is 0.543. The molecule has 0 radical (unpaired) electrons. The van der Waals surface area contributed by atoms with Gasteiger partial charge in [-0.25, -0.2) is 4.98 Å². The highest BCUT2D eigenvalue weighted by Crippen LogP contribution is 2.11. The molecule has 0 atom stereocenters. The molecule has 0 aliphatic heterocycles. The number of H-pyrrole nitrogens is 1. The molecule has 0 unspecified atom stereocenters. The lowest BCUT2D eigenvalue weighted by Gasteiger charge is -2.06. The third kappa shape index (κ3) is 15.7. The summed E-state index contributed by atoms with van der Waals surface area (Å²) in [6.07, 6.45) is 12.4. The van der Waals surface area contributed by atoms with Crippen LogP contribution < -0.4 is 16.4 Å². The molecule has 31 heavy (non-hydrogen) atoms. The molecule has 184 valence electrons. The highest BCUT2D eigenvalue weighted by atomic mass is 19.0. The van der Waals surface area contributed by atoms with Gasteiger partial charge >= 0.3 is 0 Å². The molecule has 0 fully saturated rings. The highest BCUT2D eigenvalue weighted by molar-refractivity contribution is 5.74. The van der Waals surface area contributed by atoms with Gasteiger partial charge in [-0.2, -0.15) is 0 Å². The summed E-state index contributed by atoms with van der Waals surface area (Å²) < 4.78 is 0. The second kappa shape index (κ2) is 23.0. The van der Waals surface area contributed by atoms with E-state index < -0.39 is 0 Å². The van der Waals surface area contributed by atoms with Crippen LogP contribution in [0.15, 0.2) is 24.3 Å². The number of nitrogens with zero attached hydrogens (tertiary/aromatic N) is 1. The second-order valence-corrected chi connectivity index (χ2v) is 7.42. The molecule has 1 aromatic carbocycles. The first-order valence-corrected chi connectivity index (χ1v) is 11.0. The topological polar surface area (TPSA) is 78.8 Å². The first-order valence-electron chi connectivity index (χ1n) is 11.0. The molecule has 1 heterocycles. The summed E-state index contributed by atoms with van der Waals surface area (Å²) in [6, 6.07) is 8.23. The van der Waals surface area contributed by atoms with Crippen LogP contribution in [0.4, 0.5) is 18.8 Å². The molecule has 0 spiro atoms. The summed E-state index contributed by atoms with van der Waals surface area (Å²) in [5.41, 5.74) is 7.71. The largest absolute Gasteiger partial charge is 0.342 e. The Balaban J connectivity index is -0.00000196. The number of rotatable bonds is 17. The maximum absolute atomic E-state index is 5.50. The minimum Gasteiger partial charge on any atom is -0.342 e. The average molecular weight is 454 g/mol. The van der Waals surface area contributed by atoms with Gasteiger partial charge in [0.05, 0.1) is 11.0 Å². The third-order valence-corrected chi connectivity index (χ3v) is 4.97. The Morgan fingerprint density at radius 2 is 1.19 bits per heavy atom. The van der Waals surface area contributed by atoms with Crippen molar-refractivity contribution in [2.45, 2.75) is 64.2 Å². The fourth-order valence-corrected chi connectivity index (χ4v) is 3.36. The number of aromatic amines is 1. The highest BCUT2D eigenvalue weighted by Gasteiger charge is 2.01. The fourth-order valence-electron chi connectivity index (χ4n) is 3.36. The van der Waals surface area contributed by atoms with E-state index in [1.54, 1.807) is 0 Å². The fraction of sp³-hybridized carbons (Fsp3) is 0.682. The van der Waals surface area contributed by atoms with Gasteiger partial charge in [-0.1, -0.05) is 37.8 Å². The number of aromatic nitrogens is 2. The number of nitrogens with two attached hydrogens (primary N) is 1. The van der Waals surface area contributed by atoms with Crippen LogP contribution in [0, 0.1) is 0 Å². The van der Waals surface area contributed by atoms with E-state index in [1.165, 1.54) is 57.9 Å². The molecule has 1 aromatic heterocycles. The zero-order chi connectivity index (χ0) is 19.0. The zero-order valence-corrected chi connectivity index (χ0v) is 18.6. The van der Waals surface area contributed by atoms with Crippen LogP contribution in [0.1, 0.15) is 63.6 Å². The van der Waals surface area contributed by atoms with Crippen LogP contribution in [-0.2, 0) is 6.42 Å². The van der Waals surface area contributed by atoms with Gasteiger partial charge in [0, 0.05) is 6.42 Å². The van der Waals surface area contributed by atoms with Crippen LogP contribution in [0.5, 0.6) is 0 Å². The first-order chi connectivity index (χ1) is 13.4. The number of fused-ring (bicyclic) bond motifs is 1. The van der Waals surface area contributed by atoms with Gasteiger partial charge in [0.2, 0.25) is 0 Å². The summed E-state index contributed by atoms with van der Waals surface area (Å²) >= 11 is 0. The molecular formula is C22H43F4N5. The van der Waals surface area contributed by atoms with E-state index in [0.717, 1.165) is 55.9 Å². The number of nitrogens with one attached hydrogen (secondary N) is 3. The molecule has 0 bridgehead atoms. The van der Waals surface area contributed by atoms with E-state index >= 15 is 0 Å². The molecule has 0 aliphatic carbocycles. The Kier molecular flexibility index (Phi) is 25.1. The number of unbranched alkanes of at least 4 members (excludes halogenated alkanes) is 6. The lowest BCUT2D eigenvalue weighted by atomic mass is 10.2. The summed E-state index contributed by atoms with van der Waals surface area (Å²) in [4.78, 5) is 8.02. The number of hydrogen-bond acceptors (Lipinski definition) is 4. The number of halogens is 4. The molecule has 0 saturated carbocycles. The van der Waals surface area contributed by atoms with E-state index in [1.807, 2.05) is 12.1 Å². The average Bonchev–Trinajstić information content (AvgIpc) is 3.10. The van der Waals surface area contributed by atoms with Crippen molar-refractivity contribution in [2.24, 2.45) is 5.73 Å². The number of imidazole rings is 1. The van der Waals surface area contributed by atoms with Gasteiger partial charge in [-0.15, -0.1) is 0 Å². The number of hydrogen-bond donors (Lipinski definition) is 4. The second-order valence-electron chi connectivity index (χ2n) is 7.42. The molecule has 5 N–H and O–H groups in total. The van der Waals surface area contributed by atoms with E-state index in [0.29, 0.717) is 0 Å². The Morgan fingerprint density at radius 3 is 1.74 bits per heavy atom. The van der Waals surface area contributed by atoms with Crippen LogP contribution in [0.3, 0.4) is 0 Å². The maximum Gasteiger partial charge on any atom is 0.107 e. The van der Waals surface area contributed by atoms with E-state index in [9.17, 15) is 0 Å². The SMILES string of the molecule is F.F.F.F.NCCCCCCNCCCCCCNCCCc1nc2ccccc2[nH]1. The third-order valence-electron chi connectivity index (χ3n) is 4.97. The smallest absolute Gasteiger partial charge is 0.107 e. The van der Waals surface area contributed by atoms with Crippen molar-refractivity contribution in [3.8, 4) is 0 Å². The Bertz CT molecular complexity index is 579. The molecule has 2 rings (SSSR count).